The number of hydrogen-bond donors (Lipinski definition) is 1. The lowest BCUT2D eigenvalue weighted by Gasteiger charge is -2.03. The van der Waals surface area contributed by atoms with E-state index in [9.17, 15) is 0 Å². The number of para-hydroxylation sites is 1. The number of nitrogen functional groups attached to an aromatic ring is 1. The summed E-state index contributed by atoms with van der Waals surface area (Å²) in [5.41, 5.74) is 7.85. The number of hydrogen-bond acceptors (Lipinski definition) is 1. The third-order valence-corrected chi connectivity index (χ3v) is 2.28. The molecule has 0 fully saturated rings. The molecule has 1 heteroatoms. The second kappa shape index (κ2) is 5.63. The molecule has 0 aliphatic rings. The van der Waals surface area contributed by atoms with Gasteiger partial charge >= 0.3 is 0 Å². The van der Waals surface area contributed by atoms with Crippen LogP contribution < -0.4 is 5.73 Å². The SMILES string of the molecule is CCCCCCc1ccc[c]c1N. The van der Waals surface area contributed by atoms with Crippen molar-refractivity contribution in [2.45, 2.75) is 39.0 Å². The lowest BCUT2D eigenvalue weighted by Crippen LogP contribution is -1.94. The molecule has 0 aliphatic carbocycles. The van der Waals surface area contributed by atoms with Crippen molar-refractivity contribution in [1.82, 2.24) is 0 Å². The van der Waals surface area contributed by atoms with Crippen molar-refractivity contribution in [3.8, 4) is 0 Å². The summed E-state index contributed by atoms with van der Waals surface area (Å²) in [6.45, 7) is 2.23. The zero-order chi connectivity index (χ0) is 9.52. The van der Waals surface area contributed by atoms with Crippen LogP contribution in [-0.4, -0.2) is 0 Å². The van der Waals surface area contributed by atoms with E-state index in [1.807, 2.05) is 12.1 Å². The Kier molecular flexibility index (Phi) is 4.37. The summed E-state index contributed by atoms with van der Waals surface area (Å²) in [4.78, 5) is 0. The van der Waals surface area contributed by atoms with Crippen LogP contribution in [-0.2, 0) is 6.42 Å². The van der Waals surface area contributed by atoms with E-state index in [2.05, 4.69) is 19.1 Å². The van der Waals surface area contributed by atoms with Gasteiger partial charge in [-0.15, -0.1) is 0 Å². The molecule has 2 N–H and O–H groups in total. The van der Waals surface area contributed by atoms with Crippen LogP contribution in [0.15, 0.2) is 18.2 Å². The summed E-state index contributed by atoms with van der Waals surface area (Å²) in [5.74, 6) is 0. The molecule has 1 aromatic rings. The summed E-state index contributed by atoms with van der Waals surface area (Å²) >= 11 is 0. The Balaban J connectivity index is 2.32. The summed E-state index contributed by atoms with van der Waals surface area (Å²) in [6.07, 6.45) is 6.27. The van der Waals surface area contributed by atoms with Crippen LogP contribution in [0, 0.1) is 6.07 Å². The number of rotatable bonds is 5. The first-order chi connectivity index (χ1) is 6.34. The van der Waals surface area contributed by atoms with Gasteiger partial charge in [0, 0.05) is 11.8 Å². The van der Waals surface area contributed by atoms with E-state index in [-0.39, 0.29) is 0 Å². The van der Waals surface area contributed by atoms with Crippen molar-refractivity contribution < 1.29 is 0 Å². The number of aryl methyl sites for hydroxylation is 1. The van der Waals surface area contributed by atoms with Crippen molar-refractivity contribution in [3.63, 3.8) is 0 Å². The Morgan fingerprint density at radius 1 is 1.31 bits per heavy atom. The van der Waals surface area contributed by atoms with Gasteiger partial charge in [0.25, 0.3) is 0 Å². The van der Waals surface area contributed by atoms with Gasteiger partial charge in [0.2, 0.25) is 0 Å². The monoisotopic (exact) mass is 176 g/mol. The molecule has 13 heavy (non-hydrogen) atoms. The van der Waals surface area contributed by atoms with Crippen molar-refractivity contribution in [2.75, 3.05) is 5.73 Å². The molecule has 1 rings (SSSR count). The summed E-state index contributed by atoms with van der Waals surface area (Å²) < 4.78 is 0. The van der Waals surface area contributed by atoms with E-state index in [0.29, 0.717) is 0 Å². The third-order valence-electron chi connectivity index (χ3n) is 2.28. The minimum Gasteiger partial charge on any atom is -0.398 e. The Morgan fingerprint density at radius 2 is 2.15 bits per heavy atom. The van der Waals surface area contributed by atoms with Crippen molar-refractivity contribution in [3.05, 3.63) is 29.8 Å². The molecule has 1 radical (unpaired) electrons. The second-order valence-electron chi connectivity index (χ2n) is 3.42. The maximum Gasteiger partial charge on any atom is 0.0427 e. The number of nitrogens with two attached hydrogens (primary N) is 1. The van der Waals surface area contributed by atoms with Gasteiger partial charge in [-0.05, 0) is 18.4 Å². The molecule has 0 amide bonds. The number of benzene rings is 1. The molecule has 0 unspecified atom stereocenters. The van der Waals surface area contributed by atoms with Gasteiger partial charge in [0.05, 0.1) is 0 Å². The van der Waals surface area contributed by atoms with Gasteiger partial charge < -0.3 is 5.73 Å². The van der Waals surface area contributed by atoms with Gasteiger partial charge in [0.1, 0.15) is 0 Å². The molecule has 0 aliphatic heterocycles. The van der Waals surface area contributed by atoms with E-state index in [4.69, 9.17) is 5.73 Å². The highest BCUT2D eigenvalue weighted by Gasteiger charge is 1.96. The molecule has 0 saturated heterocycles. The lowest BCUT2D eigenvalue weighted by molar-refractivity contribution is 0.667. The highest BCUT2D eigenvalue weighted by Crippen LogP contribution is 2.13. The molecule has 1 aromatic carbocycles. The lowest BCUT2D eigenvalue weighted by atomic mass is 10.1. The average molecular weight is 176 g/mol. The van der Waals surface area contributed by atoms with E-state index in [1.165, 1.54) is 31.2 Å². The van der Waals surface area contributed by atoms with Crippen LogP contribution in [0.1, 0.15) is 38.2 Å². The van der Waals surface area contributed by atoms with Crippen LogP contribution in [0.3, 0.4) is 0 Å². The predicted octanol–water partition coefficient (Wildman–Crippen LogP) is 3.19. The van der Waals surface area contributed by atoms with Crippen LogP contribution in [0.25, 0.3) is 0 Å². The van der Waals surface area contributed by atoms with E-state index < -0.39 is 0 Å². The predicted molar refractivity (Wildman–Crippen MR) is 57.5 cm³/mol. The Hall–Kier alpha value is -0.980. The first-order valence-electron chi connectivity index (χ1n) is 5.09. The molecule has 0 heterocycles. The molecule has 0 bridgehead atoms. The smallest absolute Gasteiger partial charge is 0.0427 e. The van der Waals surface area contributed by atoms with E-state index >= 15 is 0 Å². The maximum atomic E-state index is 5.78. The van der Waals surface area contributed by atoms with Crippen LogP contribution in [0.4, 0.5) is 5.69 Å². The molecule has 0 aromatic heterocycles. The normalized spacial score (nSPS) is 10.2. The number of unbranched alkanes of at least 4 members (excludes halogenated alkanes) is 3. The first-order valence-corrected chi connectivity index (χ1v) is 5.09. The Morgan fingerprint density at radius 3 is 2.85 bits per heavy atom. The van der Waals surface area contributed by atoms with Crippen LogP contribution in [0.2, 0.25) is 0 Å². The highest BCUT2D eigenvalue weighted by atomic mass is 14.6. The fourth-order valence-electron chi connectivity index (χ4n) is 1.44. The molecule has 1 nitrogen and oxygen atoms in total. The minimum absolute atomic E-state index is 0.819. The van der Waals surface area contributed by atoms with Gasteiger partial charge in [-0.2, -0.15) is 0 Å². The summed E-state index contributed by atoms with van der Waals surface area (Å²) in [7, 11) is 0. The number of anilines is 1. The standard InChI is InChI=1S/C12H18N/c1-2-3-4-5-8-11-9-6-7-10-12(11)13/h6-7,9H,2-5,8,13H2,1H3. The van der Waals surface area contributed by atoms with Gasteiger partial charge in [-0.25, -0.2) is 0 Å². The largest absolute Gasteiger partial charge is 0.398 e. The van der Waals surface area contributed by atoms with E-state index in [0.717, 1.165) is 12.1 Å². The topological polar surface area (TPSA) is 26.0 Å². The summed E-state index contributed by atoms with van der Waals surface area (Å²) in [5, 5.41) is 0. The van der Waals surface area contributed by atoms with Gasteiger partial charge in [-0.3, -0.25) is 0 Å². The molecule has 71 valence electrons. The zero-order valence-electron chi connectivity index (χ0n) is 8.34. The van der Waals surface area contributed by atoms with E-state index in [1.54, 1.807) is 0 Å². The second-order valence-corrected chi connectivity index (χ2v) is 3.42. The Labute approximate surface area is 81.0 Å². The molecule has 0 atom stereocenters. The molecular formula is C12H18N. The van der Waals surface area contributed by atoms with Crippen LogP contribution in [0.5, 0.6) is 0 Å². The van der Waals surface area contributed by atoms with Crippen molar-refractivity contribution in [1.29, 1.82) is 0 Å². The maximum absolute atomic E-state index is 5.78. The fraction of sp³-hybridized carbons (Fsp3) is 0.500. The molecule has 0 spiro atoms. The van der Waals surface area contributed by atoms with Crippen molar-refractivity contribution >= 4 is 5.69 Å². The first kappa shape index (κ1) is 10.1. The molecule has 0 saturated carbocycles. The summed E-state index contributed by atoms with van der Waals surface area (Å²) in [6, 6.07) is 8.98. The average Bonchev–Trinajstić information content (AvgIpc) is 2.15. The minimum atomic E-state index is 0.819. The van der Waals surface area contributed by atoms with Gasteiger partial charge in [-0.1, -0.05) is 44.4 Å². The fourth-order valence-corrected chi connectivity index (χ4v) is 1.44. The zero-order valence-corrected chi connectivity index (χ0v) is 8.34. The molecular weight excluding hydrogens is 158 g/mol. The van der Waals surface area contributed by atoms with Crippen LogP contribution >= 0.6 is 0 Å². The Bertz CT molecular complexity index is 243. The highest BCUT2D eigenvalue weighted by molar-refractivity contribution is 5.45. The van der Waals surface area contributed by atoms with Crippen molar-refractivity contribution in [2.24, 2.45) is 0 Å². The quantitative estimate of drug-likeness (QED) is 0.541. The third kappa shape index (κ3) is 3.49. The van der Waals surface area contributed by atoms with Gasteiger partial charge in [0.15, 0.2) is 0 Å².